The van der Waals surface area contributed by atoms with Crippen molar-refractivity contribution in [3.63, 3.8) is 0 Å². The average Bonchev–Trinajstić information content (AvgIpc) is 2.86. The number of hydrogen-bond donors (Lipinski definition) is 2. The Morgan fingerprint density at radius 2 is 1.97 bits per heavy atom. The number of nitrogens with zero attached hydrogens (tertiary/aromatic N) is 4. The zero-order valence-electron chi connectivity index (χ0n) is 15.5. The summed E-state index contributed by atoms with van der Waals surface area (Å²) >= 11 is 6.18. The van der Waals surface area contributed by atoms with E-state index in [0.29, 0.717) is 47.7 Å². The molecule has 0 aliphatic carbocycles. The molecule has 1 fully saturated rings. The van der Waals surface area contributed by atoms with Gasteiger partial charge in [0.2, 0.25) is 0 Å². The third-order valence-corrected chi connectivity index (χ3v) is 5.21. The van der Waals surface area contributed by atoms with Gasteiger partial charge in [-0.25, -0.2) is 4.39 Å². The van der Waals surface area contributed by atoms with Crippen LogP contribution in [0.15, 0.2) is 52.6 Å². The second kappa shape index (κ2) is 8.36. The van der Waals surface area contributed by atoms with Crippen LogP contribution in [0, 0.1) is 5.82 Å². The van der Waals surface area contributed by atoms with Gasteiger partial charge in [-0.3, -0.25) is 15.3 Å². The maximum absolute atomic E-state index is 14.6. The van der Waals surface area contributed by atoms with Crippen molar-refractivity contribution < 1.29 is 19.5 Å². The molecule has 2 N–H and O–H groups in total. The first-order valence-electron chi connectivity index (χ1n) is 9.22. The molecule has 4 rings (SSSR count). The molecule has 2 heterocycles. The molecule has 0 radical (unpaired) electrons. The topological polar surface area (TPSA) is 80.9 Å². The Labute approximate surface area is 171 Å². The smallest absolute Gasteiger partial charge is 0.171 e. The molecule has 2 aromatic carbocycles. The lowest BCUT2D eigenvalue weighted by atomic mass is 10.1. The highest BCUT2D eigenvalue weighted by Crippen LogP contribution is 2.21. The predicted molar refractivity (Wildman–Crippen MR) is 105 cm³/mol. The fraction of sp³-hybridized carbons (Fsp3) is 0.300. The van der Waals surface area contributed by atoms with E-state index in [0.717, 1.165) is 5.06 Å². The summed E-state index contributed by atoms with van der Waals surface area (Å²) in [4.78, 5) is 6.58. The molecule has 7 nitrogen and oxygen atoms in total. The molecule has 1 atom stereocenters. The second-order valence-corrected chi connectivity index (χ2v) is 7.21. The molecule has 0 bridgehead atoms. The van der Waals surface area contributed by atoms with E-state index in [2.05, 4.69) is 5.16 Å². The molecular weight excluding hydrogens is 399 g/mol. The molecule has 2 aromatic rings. The zero-order valence-corrected chi connectivity index (χ0v) is 16.3. The Morgan fingerprint density at radius 1 is 1.21 bits per heavy atom. The van der Waals surface area contributed by atoms with Gasteiger partial charge in [-0.05, 0) is 30.3 Å². The van der Waals surface area contributed by atoms with Crippen molar-refractivity contribution in [2.75, 3.05) is 32.8 Å². The Balaban J connectivity index is 1.89. The van der Waals surface area contributed by atoms with Crippen LogP contribution in [-0.2, 0) is 4.74 Å². The van der Waals surface area contributed by atoms with E-state index in [1.165, 1.54) is 6.07 Å². The number of fused-ring (bicyclic) bond motifs is 1. The van der Waals surface area contributed by atoms with Crippen LogP contribution < -0.4 is 10.6 Å². The fourth-order valence-electron chi connectivity index (χ4n) is 3.62. The highest BCUT2D eigenvalue weighted by Gasteiger charge is 2.29. The first-order chi connectivity index (χ1) is 14.1. The molecule has 0 aromatic heterocycles. The lowest BCUT2D eigenvalue weighted by Gasteiger charge is -2.32. The van der Waals surface area contributed by atoms with Crippen molar-refractivity contribution in [3.8, 4) is 0 Å². The first kappa shape index (κ1) is 19.6. The number of morpholine rings is 1. The maximum atomic E-state index is 14.6. The minimum atomic E-state index is -0.674. The number of ether oxygens (including phenoxy) is 1. The molecular formula is C20H20ClFN4O3. The van der Waals surface area contributed by atoms with Gasteiger partial charge in [-0.2, -0.15) is 0 Å². The van der Waals surface area contributed by atoms with Gasteiger partial charge in [0.1, 0.15) is 11.9 Å². The number of rotatable bonds is 2. The summed E-state index contributed by atoms with van der Waals surface area (Å²) in [5.41, 5.74) is 0.481. The molecule has 2 aliphatic heterocycles. The summed E-state index contributed by atoms with van der Waals surface area (Å²) in [5.74, 6) is -0.154. The van der Waals surface area contributed by atoms with Crippen LogP contribution in [0.25, 0.3) is 5.70 Å². The molecule has 0 saturated carbocycles. The van der Waals surface area contributed by atoms with Crippen LogP contribution in [0.3, 0.4) is 0 Å². The summed E-state index contributed by atoms with van der Waals surface area (Å²) in [6.45, 7) is 2.09. The van der Waals surface area contributed by atoms with E-state index < -0.39 is 11.9 Å². The quantitative estimate of drug-likeness (QED) is 0.334. The Hall–Kier alpha value is -2.68. The molecule has 29 heavy (non-hydrogen) atoms. The molecule has 2 aliphatic rings. The zero-order chi connectivity index (χ0) is 20.4. The van der Waals surface area contributed by atoms with Crippen molar-refractivity contribution in [2.45, 2.75) is 6.04 Å². The predicted octanol–water partition coefficient (Wildman–Crippen LogP) is 1.45. The number of hydrogen-bond acceptors (Lipinski definition) is 6. The number of amidine groups is 1. The van der Waals surface area contributed by atoms with Gasteiger partial charge >= 0.3 is 0 Å². The summed E-state index contributed by atoms with van der Waals surface area (Å²) < 4.78 is 19.9. The first-order valence-corrected chi connectivity index (χ1v) is 9.60. The highest BCUT2D eigenvalue weighted by molar-refractivity contribution is 6.30. The maximum Gasteiger partial charge on any atom is 0.171 e. The van der Waals surface area contributed by atoms with Crippen LogP contribution in [0.1, 0.15) is 5.56 Å². The molecule has 0 amide bonds. The standard InChI is InChI=1S/C20H20ClFN4O3/c21-13-5-6-17-15(11-13)19(14-3-1-2-4-16(14)22)26(28)12-18(23-17)20(24-27)25-7-9-29-10-8-25/h1-6,11,18,27-28H,7-10,12H2. The summed E-state index contributed by atoms with van der Waals surface area (Å²) in [6, 6.07) is 10.5. The van der Waals surface area contributed by atoms with Crippen molar-refractivity contribution in [1.29, 1.82) is 0 Å². The molecule has 9 heteroatoms. The third-order valence-electron chi connectivity index (χ3n) is 4.98. The Bertz CT molecular complexity index is 1060. The minimum Gasteiger partial charge on any atom is -0.409 e. The van der Waals surface area contributed by atoms with Crippen molar-refractivity contribution in [3.05, 3.63) is 69.4 Å². The fourth-order valence-corrected chi connectivity index (χ4v) is 3.80. The van der Waals surface area contributed by atoms with E-state index in [4.69, 9.17) is 21.3 Å². The van der Waals surface area contributed by atoms with Crippen LogP contribution >= 0.6 is 11.6 Å². The Kier molecular flexibility index (Phi) is 5.66. The van der Waals surface area contributed by atoms with E-state index in [9.17, 15) is 14.8 Å². The average molecular weight is 419 g/mol. The summed E-state index contributed by atoms with van der Waals surface area (Å²) in [5, 5.41) is 26.5. The molecule has 152 valence electrons. The number of hydroxylamine groups is 2. The monoisotopic (exact) mass is 418 g/mol. The van der Waals surface area contributed by atoms with Gasteiger partial charge < -0.3 is 14.8 Å². The van der Waals surface area contributed by atoms with E-state index >= 15 is 0 Å². The van der Waals surface area contributed by atoms with Gasteiger partial charge in [0.05, 0.1) is 30.8 Å². The van der Waals surface area contributed by atoms with Crippen LogP contribution in [0.5, 0.6) is 0 Å². The van der Waals surface area contributed by atoms with E-state index in [1.807, 2.05) is 4.90 Å². The van der Waals surface area contributed by atoms with Crippen molar-refractivity contribution in [1.82, 2.24) is 9.96 Å². The van der Waals surface area contributed by atoms with Crippen LogP contribution in [0.4, 0.5) is 4.39 Å². The summed E-state index contributed by atoms with van der Waals surface area (Å²) in [6.07, 6.45) is 0. The SMILES string of the molecule is ON=C(C1CN(O)C(c2ccccc2F)=c2cc(Cl)ccc2=N1)N1CCOCC1. The molecule has 1 unspecified atom stereocenters. The minimum absolute atomic E-state index is 0.0211. The van der Waals surface area contributed by atoms with Gasteiger partial charge in [0, 0.05) is 28.9 Å². The molecule has 0 spiro atoms. The van der Waals surface area contributed by atoms with Crippen molar-refractivity contribution >= 4 is 23.1 Å². The lowest BCUT2D eigenvalue weighted by molar-refractivity contribution is -0.0288. The summed E-state index contributed by atoms with van der Waals surface area (Å²) in [7, 11) is 0. The largest absolute Gasteiger partial charge is 0.409 e. The van der Waals surface area contributed by atoms with Crippen molar-refractivity contribution in [2.24, 2.45) is 10.1 Å². The van der Waals surface area contributed by atoms with E-state index in [-0.39, 0.29) is 17.8 Å². The number of benzene rings is 2. The number of oxime groups is 1. The second-order valence-electron chi connectivity index (χ2n) is 6.77. The molecule has 1 saturated heterocycles. The highest BCUT2D eigenvalue weighted by atomic mass is 35.5. The number of halogens is 2. The van der Waals surface area contributed by atoms with E-state index in [1.54, 1.807) is 36.4 Å². The Morgan fingerprint density at radius 3 is 2.69 bits per heavy atom. The van der Waals surface area contributed by atoms with Gasteiger partial charge in [0.15, 0.2) is 5.84 Å². The normalized spacial score (nSPS) is 20.2. The van der Waals surface area contributed by atoms with Gasteiger partial charge in [-0.15, -0.1) is 0 Å². The van der Waals surface area contributed by atoms with Crippen LogP contribution in [0.2, 0.25) is 5.02 Å². The van der Waals surface area contributed by atoms with Gasteiger partial charge in [0.25, 0.3) is 0 Å². The van der Waals surface area contributed by atoms with Crippen LogP contribution in [-0.4, -0.2) is 65.1 Å². The third kappa shape index (κ3) is 3.91. The van der Waals surface area contributed by atoms with Gasteiger partial charge in [-0.1, -0.05) is 28.9 Å². The lowest BCUT2D eigenvalue weighted by Crippen LogP contribution is -2.48.